The van der Waals surface area contributed by atoms with Crippen LogP contribution in [0, 0.1) is 0 Å². The Balaban J connectivity index is 2.54. The number of likely N-dealkylation sites (N-methyl/N-ethyl adjacent to an activating group) is 1. The van der Waals surface area contributed by atoms with Gasteiger partial charge < -0.3 is 4.74 Å². The summed E-state index contributed by atoms with van der Waals surface area (Å²) in [6, 6.07) is 0. The molecule has 118 valence electrons. The van der Waals surface area contributed by atoms with Gasteiger partial charge in [-0.15, -0.1) is 0 Å². The van der Waals surface area contributed by atoms with Gasteiger partial charge in [0.15, 0.2) is 5.78 Å². The van der Waals surface area contributed by atoms with Crippen LogP contribution < -0.4 is 0 Å². The van der Waals surface area contributed by atoms with Crippen LogP contribution in [-0.4, -0.2) is 42.0 Å². The number of carbonyl (C=O) groups is 1. The number of hydrogen-bond donors (Lipinski definition) is 0. The van der Waals surface area contributed by atoms with Crippen molar-refractivity contribution in [2.75, 3.05) is 19.7 Å². The van der Waals surface area contributed by atoms with Crippen LogP contribution in [0.5, 0.6) is 0 Å². The molecule has 1 aliphatic heterocycles. The van der Waals surface area contributed by atoms with E-state index in [0.717, 1.165) is 45.4 Å². The lowest BCUT2D eigenvalue weighted by Gasteiger charge is -2.41. The first-order chi connectivity index (χ1) is 9.64. The van der Waals surface area contributed by atoms with Crippen molar-refractivity contribution in [3.05, 3.63) is 0 Å². The molecule has 0 saturated carbocycles. The molecule has 1 aliphatic rings. The van der Waals surface area contributed by atoms with Gasteiger partial charge in [0.05, 0.1) is 11.6 Å². The van der Waals surface area contributed by atoms with Crippen molar-refractivity contribution >= 4 is 5.78 Å². The van der Waals surface area contributed by atoms with Crippen LogP contribution >= 0.6 is 0 Å². The van der Waals surface area contributed by atoms with Gasteiger partial charge in [-0.3, -0.25) is 9.69 Å². The molecule has 0 aromatic rings. The Labute approximate surface area is 125 Å². The SMILES string of the molecule is CCN(CC)C(CC)(CC)C(=O)CCCC1CCCO1. The smallest absolute Gasteiger partial charge is 0.153 e. The average molecular weight is 283 g/mol. The molecule has 0 aliphatic carbocycles. The number of rotatable bonds is 10. The van der Waals surface area contributed by atoms with Crippen LogP contribution in [0.4, 0.5) is 0 Å². The number of carbonyl (C=O) groups excluding carboxylic acids is 1. The highest BCUT2D eigenvalue weighted by molar-refractivity contribution is 5.88. The van der Waals surface area contributed by atoms with E-state index in [1.54, 1.807) is 0 Å². The normalized spacial score (nSPS) is 19.8. The molecule has 0 aromatic heterocycles. The number of hydrogen-bond acceptors (Lipinski definition) is 3. The first kappa shape index (κ1) is 17.6. The molecule has 0 N–H and O–H groups in total. The predicted molar refractivity (Wildman–Crippen MR) is 84.1 cm³/mol. The van der Waals surface area contributed by atoms with E-state index < -0.39 is 0 Å². The second kappa shape index (κ2) is 8.78. The molecular weight excluding hydrogens is 250 g/mol. The molecule has 0 bridgehead atoms. The highest BCUT2D eigenvalue weighted by Crippen LogP contribution is 2.28. The lowest BCUT2D eigenvalue weighted by Crippen LogP contribution is -2.53. The van der Waals surface area contributed by atoms with E-state index in [-0.39, 0.29) is 5.54 Å². The molecule has 1 saturated heterocycles. The van der Waals surface area contributed by atoms with Crippen LogP contribution in [0.3, 0.4) is 0 Å². The third-order valence-electron chi connectivity index (χ3n) is 5.01. The predicted octanol–water partition coefficient (Wildman–Crippen LogP) is 3.81. The van der Waals surface area contributed by atoms with Crippen LogP contribution in [0.15, 0.2) is 0 Å². The Morgan fingerprint density at radius 3 is 2.30 bits per heavy atom. The van der Waals surface area contributed by atoms with Crippen LogP contribution in [0.25, 0.3) is 0 Å². The van der Waals surface area contributed by atoms with Crippen molar-refractivity contribution in [1.82, 2.24) is 4.90 Å². The van der Waals surface area contributed by atoms with Gasteiger partial charge in [0.25, 0.3) is 0 Å². The minimum atomic E-state index is -0.236. The maximum absolute atomic E-state index is 12.8. The summed E-state index contributed by atoms with van der Waals surface area (Å²) in [6.45, 7) is 11.4. The minimum absolute atomic E-state index is 0.236. The third kappa shape index (κ3) is 4.05. The number of Topliss-reactive ketones (excluding diaryl/α,β-unsaturated/α-hetero) is 1. The van der Waals surface area contributed by atoms with Gasteiger partial charge >= 0.3 is 0 Å². The summed E-state index contributed by atoms with van der Waals surface area (Å²) in [5, 5.41) is 0. The maximum atomic E-state index is 12.8. The van der Waals surface area contributed by atoms with Crippen molar-refractivity contribution in [3.8, 4) is 0 Å². The Morgan fingerprint density at radius 2 is 1.85 bits per heavy atom. The number of ketones is 1. The molecule has 3 heteroatoms. The molecule has 0 amide bonds. The molecule has 20 heavy (non-hydrogen) atoms. The van der Waals surface area contributed by atoms with E-state index >= 15 is 0 Å². The maximum Gasteiger partial charge on any atom is 0.153 e. The zero-order chi connectivity index (χ0) is 15.0. The molecule has 1 atom stereocenters. The lowest BCUT2D eigenvalue weighted by atomic mass is 9.83. The van der Waals surface area contributed by atoms with Crippen molar-refractivity contribution in [3.63, 3.8) is 0 Å². The Morgan fingerprint density at radius 1 is 1.20 bits per heavy atom. The van der Waals surface area contributed by atoms with Crippen LogP contribution in [-0.2, 0) is 9.53 Å². The van der Waals surface area contributed by atoms with Gasteiger partial charge in [-0.2, -0.15) is 0 Å². The molecule has 0 spiro atoms. The van der Waals surface area contributed by atoms with Crippen molar-refractivity contribution in [2.45, 2.75) is 84.3 Å². The fourth-order valence-electron chi connectivity index (χ4n) is 3.69. The standard InChI is InChI=1S/C17H33NO2/c1-5-17(6-2,18(7-3)8-4)16(19)13-9-11-15-12-10-14-20-15/h15H,5-14H2,1-4H3. The molecule has 3 nitrogen and oxygen atoms in total. The van der Waals surface area contributed by atoms with Crippen LogP contribution in [0.1, 0.15) is 72.6 Å². The zero-order valence-corrected chi connectivity index (χ0v) is 13.9. The summed E-state index contributed by atoms with van der Waals surface area (Å²) in [7, 11) is 0. The van der Waals surface area contributed by atoms with E-state index in [2.05, 4.69) is 32.6 Å². The Bertz CT molecular complexity index is 277. The summed E-state index contributed by atoms with van der Waals surface area (Å²) in [4.78, 5) is 15.1. The van der Waals surface area contributed by atoms with Crippen molar-refractivity contribution in [1.29, 1.82) is 0 Å². The second-order valence-electron chi connectivity index (χ2n) is 5.86. The summed E-state index contributed by atoms with van der Waals surface area (Å²) in [6.07, 6.45) is 7.35. The van der Waals surface area contributed by atoms with Gasteiger partial charge in [-0.05, 0) is 51.6 Å². The van der Waals surface area contributed by atoms with Crippen molar-refractivity contribution in [2.24, 2.45) is 0 Å². The molecule has 1 unspecified atom stereocenters. The first-order valence-electron chi connectivity index (χ1n) is 8.54. The fourth-order valence-corrected chi connectivity index (χ4v) is 3.69. The van der Waals surface area contributed by atoms with E-state index in [1.165, 1.54) is 12.8 Å². The lowest BCUT2D eigenvalue weighted by molar-refractivity contribution is -0.132. The molecule has 1 heterocycles. The van der Waals surface area contributed by atoms with Crippen LogP contribution in [0.2, 0.25) is 0 Å². The number of ether oxygens (including phenoxy) is 1. The highest BCUT2D eigenvalue weighted by atomic mass is 16.5. The topological polar surface area (TPSA) is 29.5 Å². The Hall–Kier alpha value is -0.410. The summed E-state index contributed by atoms with van der Waals surface area (Å²) in [5.41, 5.74) is -0.236. The van der Waals surface area contributed by atoms with Gasteiger partial charge in [0.2, 0.25) is 0 Å². The minimum Gasteiger partial charge on any atom is -0.378 e. The largest absolute Gasteiger partial charge is 0.378 e. The molecule has 1 rings (SSSR count). The summed E-state index contributed by atoms with van der Waals surface area (Å²) < 4.78 is 5.64. The van der Waals surface area contributed by atoms with E-state index in [0.29, 0.717) is 18.3 Å². The molecular formula is C17H33NO2. The van der Waals surface area contributed by atoms with E-state index in [1.807, 2.05) is 0 Å². The van der Waals surface area contributed by atoms with E-state index in [9.17, 15) is 4.79 Å². The Kier molecular flexibility index (Phi) is 7.75. The average Bonchev–Trinajstić information content (AvgIpc) is 2.98. The van der Waals surface area contributed by atoms with Gasteiger partial charge in [0, 0.05) is 13.0 Å². The van der Waals surface area contributed by atoms with Gasteiger partial charge in [0.1, 0.15) is 0 Å². The molecule has 0 aromatic carbocycles. The van der Waals surface area contributed by atoms with Gasteiger partial charge in [-0.25, -0.2) is 0 Å². The van der Waals surface area contributed by atoms with E-state index in [4.69, 9.17) is 4.74 Å². The monoisotopic (exact) mass is 283 g/mol. The first-order valence-corrected chi connectivity index (χ1v) is 8.54. The fraction of sp³-hybridized carbons (Fsp3) is 0.941. The molecule has 0 radical (unpaired) electrons. The third-order valence-corrected chi connectivity index (χ3v) is 5.01. The molecule has 1 fully saturated rings. The summed E-state index contributed by atoms with van der Waals surface area (Å²) >= 11 is 0. The quantitative estimate of drug-likeness (QED) is 0.610. The zero-order valence-electron chi connectivity index (χ0n) is 13.9. The number of nitrogens with zero attached hydrogens (tertiary/aromatic N) is 1. The van der Waals surface area contributed by atoms with Gasteiger partial charge in [-0.1, -0.05) is 27.7 Å². The highest BCUT2D eigenvalue weighted by Gasteiger charge is 2.38. The van der Waals surface area contributed by atoms with Crippen molar-refractivity contribution < 1.29 is 9.53 Å². The summed E-state index contributed by atoms with van der Waals surface area (Å²) in [5.74, 6) is 0.434. The second-order valence-corrected chi connectivity index (χ2v) is 5.86.